The third-order valence-corrected chi connectivity index (χ3v) is 7.25. The van der Waals surface area contributed by atoms with Crippen LogP contribution in [-0.2, 0) is 14.0 Å². The topological polar surface area (TPSA) is 76.7 Å². The molecule has 34 heavy (non-hydrogen) atoms. The average Bonchev–Trinajstić information content (AvgIpc) is 3.43. The standard InChI is InChI=1S/C26H38BN3O4/c1-9-17-14-21(30(16-17)23(31)32-24(2,3)4)22-28-15-20(29-22)18-10-12-19(13-11-18)27-33-25(5,6)26(7,8)34-27/h10-13,15,17,21H,9,14,16H2,1-8H3,(H,28,29)/t17?,21-/m0/s1. The highest BCUT2D eigenvalue weighted by molar-refractivity contribution is 6.62. The van der Waals surface area contributed by atoms with Crippen molar-refractivity contribution in [2.75, 3.05) is 6.54 Å². The van der Waals surface area contributed by atoms with Crippen LogP contribution in [0.4, 0.5) is 4.79 Å². The molecule has 0 bridgehead atoms. The smallest absolute Gasteiger partial charge is 0.444 e. The van der Waals surface area contributed by atoms with Gasteiger partial charge in [-0.3, -0.25) is 4.90 Å². The number of rotatable bonds is 4. The monoisotopic (exact) mass is 467 g/mol. The fourth-order valence-corrected chi connectivity index (χ4v) is 4.45. The number of nitrogens with zero attached hydrogens (tertiary/aromatic N) is 2. The van der Waals surface area contributed by atoms with Crippen LogP contribution in [0.15, 0.2) is 30.5 Å². The number of amides is 1. The maximum Gasteiger partial charge on any atom is 0.494 e. The first-order valence-corrected chi connectivity index (χ1v) is 12.3. The number of aromatic amines is 1. The van der Waals surface area contributed by atoms with E-state index in [9.17, 15) is 4.79 Å². The summed E-state index contributed by atoms with van der Waals surface area (Å²) < 4.78 is 18.0. The summed E-state index contributed by atoms with van der Waals surface area (Å²) in [4.78, 5) is 22.8. The zero-order valence-corrected chi connectivity index (χ0v) is 21.8. The number of H-pyrrole nitrogens is 1. The Bertz CT molecular complexity index is 1010. The van der Waals surface area contributed by atoms with Crippen molar-refractivity contribution in [3.8, 4) is 11.3 Å². The number of nitrogens with one attached hydrogen (secondary N) is 1. The first-order chi connectivity index (χ1) is 15.8. The minimum atomic E-state index is -0.529. The third-order valence-electron chi connectivity index (χ3n) is 7.25. The van der Waals surface area contributed by atoms with Crippen LogP contribution in [0.3, 0.4) is 0 Å². The summed E-state index contributed by atoms with van der Waals surface area (Å²) in [7, 11) is -0.386. The van der Waals surface area contributed by atoms with Gasteiger partial charge in [0.2, 0.25) is 0 Å². The molecule has 1 amide bonds. The lowest BCUT2D eigenvalue weighted by molar-refractivity contribution is 0.00578. The second kappa shape index (κ2) is 8.72. The van der Waals surface area contributed by atoms with Crippen LogP contribution in [0, 0.1) is 5.92 Å². The normalized spacial score (nSPS) is 24.0. The van der Waals surface area contributed by atoms with Crippen molar-refractivity contribution in [3.05, 3.63) is 36.3 Å². The van der Waals surface area contributed by atoms with E-state index in [-0.39, 0.29) is 30.5 Å². The molecule has 2 fully saturated rings. The number of carbonyl (C=O) groups excluding carboxylic acids is 1. The molecule has 184 valence electrons. The molecule has 3 heterocycles. The minimum absolute atomic E-state index is 0.113. The molecule has 8 heteroatoms. The van der Waals surface area contributed by atoms with Gasteiger partial charge >= 0.3 is 13.2 Å². The number of hydrogen-bond donors (Lipinski definition) is 1. The number of imidazole rings is 1. The highest BCUT2D eigenvalue weighted by Crippen LogP contribution is 2.38. The van der Waals surface area contributed by atoms with Crippen molar-refractivity contribution >= 4 is 18.7 Å². The molecule has 1 aromatic carbocycles. The van der Waals surface area contributed by atoms with Gasteiger partial charge < -0.3 is 19.0 Å². The van der Waals surface area contributed by atoms with Gasteiger partial charge in [-0.25, -0.2) is 9.78 Å². The van der Waals surface area contributed by atoms with Crippen LogP contribution in [0.25, 0.3) is 11.3 Å². The lowest BCUT2D eigenvalue weighted by Crippen LogP contribution is -2.41. The van der Waals surface area contributed by atoms with E-state index >= 15 is 0 Å². The minimum Gasteiger partial charge on any atom is -0.444 e. The van der Waals surface area contributed by atoms with Crippen LogP contribution < -0.4 is 5.46 Å². The Labute approximate surface area is 203 Å². The van der Waals surface area contributed by atoms with Gasteiger partial charge in [0.15, 0.2) is 0 Å². The lowest BCUT2D eigenvalue weighted by Gasteiger charge is -2.32. The van der Waals surface area contributed by atoms with Gasteiger partial charge in [0.25, 0.3) is 0 Å². The van der Waals surface area contributed by atoms with Crippen molar-refractivity contribution in [3.63, 3.8) is 0 Å². The maximum atomic E-state index is 12.9. The van der Waals surface area contributed by atoms with Crippen LogP contribution in [0.1, 0.15) is 80.1 Å². The van der Waals surface area contributed by atoms with Crippen molar-refractivity contribution in [2.24, 2.45) is 5.92 Å². The summed E-state index contributed by atoms with van der Waals surface area (Å²) in [5.41, 5.74) is 1.66. The molecular weight excluding hydrogens is 429 g/mol. The molecule has 1 aromatic heterocycles. The second-order valence-corrected chi connectivity index (χ2v) is 11.6. The lowest BCUT2D eigenvalue weighted by atomic mass is 9.79. The van der Waals surface area contributed by atoms with Crippen molar-refractivity contribution in [2.45, 2.75) is 91.1 Å². The van der Waals surface area contributed by atoms with E-state index in [0.29, 0.717) is 12.5 Å². The van der Waals surface area contributed by atoms with E-state index in [1.165, 1.54) is 0 Å². The zero-order valence-electron chi connectivity index (χ0n) is 21.8. The van der Waals surface area contributed by atoms with Gasteiger partial charge in [0, 0.05) is 6.54 Å². The molecule has 0 aliphatic carbocycles. The van der Waals surface area contributed by atoms with Gasteiger partial charge in [-0.15, -0.1) is 0 Å². The molecule has 2 atom stereocenters. The summed E-state index contributed by atoms with van der Waals surface area (Å²) in [5, 5.41) is 0. The van der Waals surface area contributed by atoms with E-state index < -0.39 is 5.60 Å². The van der Waals surface area contributed by atoms with E-state index in [0.717, 1.165) is 35.4 Å². The fourth-order valence-electron chi connectivity index (χ4n) is 4.45. The molecule has 0 spiro atoms. The largest absolute Gasteiger partial charge is 0.494 e. The number of ether oxygens (including phenoxy) is 1. The van der Waals surface area contributed by atoms with E-state index in [1.54, 1.807) is 0 Å². The predicted molar refractivity (Wildman–Crippen MR) is 134 cm³/mol. The molecule has 0 radical (unpaired) electrons. The Morgan fingerprint density at radius 2 is 1.79 bits per heavy atom. The van der Waals surface area contributed by atoms with E-state index in [1.807, 2.05) is 56.1 Å². The highest BCUT2D eigenvalue weighted by atomic mass is 16.7. The predicted octanol–water partition coefficient (Wildman–Crippen LogP) is 5.08. The average molecular weight is 467 g/mol. The Hall–Kier alpha value is -2.32. The summed E-state index contributed by atoms with van der Waals surface area (Å²) >= 11 is 0. The van der Waals surface area contributed by atoms with Crippen molar-refractivity contribution in [1.82, 2.24) is 14.9 Å². The van der Waals surface area contributed by atoms with Gasteiger partial charge in [-0.2, -0.15) is 0 Å². The summed E-state index contributed by atoms with van der Waals surface area (Å²) in [5.74, 6) is 1.23. The quantitative estimate of drug-likeness (QED) is 0.635. The molecule has 2 saturated heterocycles. The Morgan fingerprint density at radius 1 is 1.18 bits per heavy atom. The third kappa shape index (κ3) is 4.89. The van der Waals surface area contributed by atoms with Gasteiger partial charge in [0.1, 0.15) is 11.4 Å². The maximum absolute atomic E-state index is 12.9. The number of benzene rings is 1. The summed E-state index contributed by atoms with van der Waals surface area (Å²) in [6.07, 6.45) is 3.46. The second-order valence-electron chi connectivity index (χ2n) is 11.6. The Morgan fingerprint density at radius 3 is 2.35 bits per heavy atom. The highest BCUT2D eigenvalue weighted by Gasteiger charge is 2.51. The van der Waals surface area contributed by atoms with E-state index in [2.05, 4.69) is 44.6 Å². The molecule has 7 nitrogen and oxygen atoms in total. The first kappa shape index (κ1) is 24.8. The molecule has 4 rings (SSSR count). The van der Waals surface area contributed by atoms with E-state index in [4.69, 9.17) is 14.0 Å². The molecule has 1 N–H and O–H groups in total. The zero-order chi connectivity index (χ0) is 24.9. The summed E-state index contributed by atoms with van der Waals surface area (Å²) in [6.45, 7) is 16.8. The number of hydrogen-bond acceptors (Lipinski definition) is 5. The molecular formula is C26H38BN3O4. The Kier molecular flexibility index (Phi) is 6.36. The van der Waals surface area contributed by atoms with Gasteiger partial charge in [-0.05, 0) is 71.8 Å². The van der Waals surface area contributed by atoms with Gasteiger partial charge in [-0.1, -0.05) is 37.6 Å². The van der Waals surface area contributed by atoms with Gasteiger partial charge in [0.05, 0.1) is 29.1 Å². The number of aromatic nitrogens is 2. The van der Waals surface area contributed by atoms with Crippen molar-refractivity contribution in [1.29, 1.82) is 0 Å². The van der Waals surface area contributed by atoms with Crippen LogP contribution >= 0.6 is 0 Å². The molecule has 2 aromatic rings. The SMILES string of the molecule is CCC1C[C@@H](c2ncc(-c3ccc(B4OC(C)(C)C(C)(C)O4)cc3)[nH]2)N(C(=O)OC(C)(C)C)C1. The molecule has 1 unspecified atom stereocenters. The molecule has 2 aliphatic rings. The Balaban J connectivity index is 1.51. The summed E-state index contributed by atoms with van der Waals surface area (Å²) in [6, 6.07) is 8.05. The molecule has 2 aliphatic heterocycles. The number of likely N-dealkylation sites (tertiary alicyclic amines) is 1. The van der Waals surface area contributed by atoms with Crippen molar-refractivity contribution < 1.29 is 18.8 Å². The first-order valence-electron chi connectivity index (χ1n) is 12.3. The fraction of sp³-hybridized carbons (Fsp3) is 0.615. The van der Waals surface area contributed by atoms with Crippen LogP contribution in [0.5, 0.6) is 0 Å². The molecule has 0 saturated carbocycles. The van der Waals surface area contributed by atoms with Crippen LogP contribution in [0.2, 0.25) is 0 Å². The number of carbonyl (C=O) groups is 1. The van der Waals surface area contributed by atoms with Crippen LogP contribution in [-0.4, -0.2) is 51.4 Å².